The van der Waals surface area contributed by atoms with E-state index in [0.29, 0.717) is 0 Å². The molecule has 2 nitrogen and oxygen atoms in total. The largest absolute Gasteiger partial charge is 0.330 e. The summed E-state index contributed by atoms with van der Waals surface area (Å²) in [4.78, 5) is 4.47. The number of halogens is 1. The van der Waals surface area contributed by atoms with Crippen LogP contribution >= 0.6 is 15.9 Å². The van der Waals surface area contributed by atoms with Crippen molar-refractivity contribution >= 4 is 15.9 Å². The summed E-state index contributed by atoms with van der Waals surface area (Å²) in [5, 5.41) is 0. The third-order valence-corrected chi connectivity index (χ3v) is 3.74. The van der Waals surface area contributed by atoms with Gasteiger partial charge in [0.15, 0.2) is 0 Å². The zero-order valence-electron chi connectivity index (χ0n) is 10.9. The predicted molar refractivity (Wildman–Crippen MR) is 75.3 cm³/mol. The second-order valence-electron chi connectivity index (χ2n) is 4.63. The van der Waals surface area contributed by atoms with Gasteiger partial charge in [0.1, 0.15) is 10.4 Å². The van der Waals surface area contributed by atoms with Gasteiger partial charge in [-0.1, -0.05) is 17.7 Å². The summed E-state index contributed by atoms with van der Waals surface area (Å²) in [6, 6.07) is 4.44. The fraction of sp³-hybridized carbons (Fsp3) is 0.357. The molecule has 0 atom stereocenters. The standard InChI is InChI=1S/C14H17BrN2/c1-8-6-9(2)12(10(3)7-8)13-14(15)16-11(4)17(13)5/h6-7H,1-5H3. The van der Waals surface area contributed by atoms with E-state index in [1.54, 1.807) is 0 Å². The molecule has 0 bridgehead atoms. The number of nitrogens with zero attached hydrogens (tertiary/aromatic N) is 2. The van der Waals surface area contributed by atoms with Gasteiger partial charge in [-0.25, -0.2) is 4.98 Å². The minimum atomic E-state index is 0.924. The van der Waals surface area contributed by atoms with Gasteiger partial charge >= 0.3 is 0 Å². The van der Waals surface area contributed by atoms with Crippen LogP contribution in [0.3, 0.4) is 0 Å². The van der Waals surface area contributed by atoms with Gasteiger partial charge in [-0.2, -0.15) is 0 Å². The average molecular weight is 293 g/mol. The Balaban J connectivity index is 2.77. The van der Waals surface area contributed by atoms with Gasteiger partial charge in [-0.3, -0.25) is 0 Å². The highest BCUT2D eigenvalue weighted by Gasteiger charge is 2.16. The third kappa shape index (κ3) is 2.04. The fourth-order valence-corrected chi connectivity index (χ4v) is 3.12. The molecule has 0 saturated carbocycles. The van der Waals surface area contributed by atoms with Gasteiger partial charge in [0.05, 0.1) is 5.69 Å². The molecule has 0 radical (unpaired) electrons. The summed E-state index contributed by atoms with van der Waals surface area (Å²) in [6.07, 6.45) is 0. The Labute approximate surface area is 111 Å². The van der Waals surface area contributed by atoms with E-state index in [1.807, 2.05) is 6.92 Å². The number of benzene rings is 1. The molecule has 0 aliphatic heterocycles. The molecule has 2 rings (SSSR count). The monoisotopic (exact) mass is 292 g/mol. The molecule has 2 aromatic rings. The van der Waals surface area contributed by atoms with Crippen LogP contribution in [0, 0.1) is 27.7 Å². The minimum absolute atomic E-state index is 0.924. The molecule has 1 aromatic carbocycles. The highest BCUT2D eigenvalue weighted by Crippen LogP contribution is 2.33. The lowest BCUT2D eigenvalue weighted by atomic mass is 9.98. The van der Waals surface area contributed by atoms with Crippen molar-refractivity contribution in [3.8, 4) is 11.3 Å². The van der Waals surface area contributed by atoms with E-state index in [2.05, 4.69) is 65.4 Å². The molecule has 0 N–H and O–H groups in total. The maximum absolute atomic E-state index is 4.47. The van der Waals surface area contributed by atoms with E-state index in [4.69, 9.17) is 0 Å². The number of aryl methyl sites for hydroxylation is 4. The lowest BCUT2D eigenvalue weighted by molar-refractivity contribution is 0.863. The Morgan fingerprint density at radius 3 is 2.00 bits per heavy atom. The second-order valence-corrected chi connectivity index (χ2v) is 5.38. The molecule has 0 aliphatic carbocycles. The van der Waals surface area contributed by atoms with E-state index in [-0.39, 0.29) is 0 Å². The van der Waals surface area contributed by atoms with Gasteiger partial charge < -0.3 is 4.57 Å². The maximum atomic E-state index is 4.47. The Kier molecular flexibility index (Phi) is 3.13. The van der Waals surface area contributed by atoms with Crippen molar-refractivity contribution in [3.63, 3.8) is 0 Å². The molecule has 90 valence electrons. The molecule has 0 aliphatic rings. The Hall–Kier alpha value is -1.09. The van der Waals surface area contributed by atoms with Crippen molar-refractivity contribution in [2.45, 2.75) is 27.7 Å². The van der Waals surface area contributed by atoms with Crippen molar-refractivity contribution in [2.24, 2.45) is 7.05 Å². The van der Waals surface area contributed by atoms with E-state index >= 15 is 0 Å². The molecule has 3 heteroatoms. The van der Waals surface area contributed by atoms with Crippen LogP contribution in [0.5, 0.6) is 0 Å². The molecule has 1 heterocycles. The lowest BCUT2D eigenvalue weighted by Gasteiger charge is -2.13. The minimum Gasteiger partial charge on any atom is -0.330 e. The van der Waals surface area contributed by atoms with Crippen LogP contribution < -0.4 is 0 Å². The van der Waals surface area contributed by atoms with Gasteiger partial charge in [-0.15, -0.1) is 0 Å². The van der Waals surface area contributed by atoms with Crippen molar-refractivity contribution < 1.29 is 0 Å². The predicted octanol–water partition coefficient (Wildman–Crippen LogP) is 4.08. The maximum Gasteiger partial charge on any atom is 0.132 e. The van der Waals surface area contributed by atoms with E-state index in [1.165, 1.54) is 22.3 Å². The zero-order valence-corrected chi connectivity index (χ0v) is 12.5. The van der Waals surface area contributed by atoms with Crippen LogP contribution in [0.15, 0.2) is 16.7 Å². The quantitative estimate of drug-likeness (QED) is 0.774. The third-order valence-electron chi connectivity index (χ3n) is 3.19. The second kappa shape index (κ2) is 4.30. The molecule has 0 amide bonds. The van der Waals surface area contributed by atoms with Crippen LogP contribution in [-0.4, -0.2) is 9.55 Å². The number of imidazole rings is 1. The highest BCUT2D eigenvalue weighted by atomic mass is 79.9. The van der Waals surface area contributed by atoms with Crippen LogP contribution in [0.1, 0.15) is 22.5 Å². The van der Waals surface area contributed by atoms with Crippen LogP contribution in [0.4, 0.5) is 0 Å². The van der Waals surface area contributed by atoms with Gasteiger partial charge in [0, 0.05) is 12.6 Å². The van der Waals surface area contributed by atoms with Crippen LogP contribution in [0.25, 0.3) is 11.3 Å². The van der Waals surface area contributed by atoms with Gasteiger partial charge in [0.2, 0.25) is 0 Å². The molecular weight excluding hydrogens is 276 g/mol. The summed E-state index contributed by atoms with van der Waals surface area (Å²) in [5.41, 5.74) is 6.35. The molecule has 0 unspecified atom stereocenters. The summed E-state index contributed by atoms with van der Waals surface area (Å²) >= 11 is 3.56. The SMILES string of the molecule is Cc1cc(C)c(-c2c(Br)nc(C)n2C)c(C)c1. The van der Waals surface area contributed by atoms with Crippen molar-refractivity contribution in [2.75, 3.05) is 0 Å². The first-order valence-electron chi connectivity index (χ1n) is 5.69. The normalized spacial score (nSPS) is 10.9. The van der Waals surface area contributed by atoms with Gasteiger partial charge in [-0.05, 0) is 54.8 Å². The molecule has 0 fully saturated rings. The van der Waals surface area contributed by atoms with Crippen molar-refractivity contribution in [1.29, 1.82) is 0 Å². The zero-order chi connectivity index (χ0) is 12.7. The first kappa shape index (κ1) is 12.4. The number of rotatable bonds is 1. The highest BCUT2D eigenvalue weighted by molar-refractivity contribution is 9.10. The summed E-state index contributed by atoms with van der Waals surface area (Å²) in [6.45, 7) is 8.47. The molecular formula is C14H17BrN2. The number of aromatic nitrogens is 2. The van der Waals surface area contributed by atoms with E-state index in [9.17, 15) is 0 Å². The summed E-state index contributed by atoms with van der Waals surface area (Å²) in [7, 11) is 2.06. The lowest BCUT2D eigenvalue weighted by Crippen LogP contribution is -1.98. The van der Waals surface area contributed by atoms with Gasteiger partial charge in [0.25, 0.3) is 0 Å². The number of hydrogen-bond acceptors (Lipinski definition) is 1. The van der Waals surface area contributed by atoms with Crippen molar-refractivity contribution in [1.82, 2.24) is 9.55 Å². The van der Waals surface area contributed by atoms with E-state index in [0.717, 1.165) is 16.1 Å². The molecule has 0 saturated heterocycles. The smallest absolute Gasteiger partial charge is 0.132 e. The van der Waals surface area contributed by atoms with Crippen molar-refractivity contribution in [3.05, 3.63) is 39.3 Å². The summed E-state index contributed by atoms with van der Waals surface area (Å²) < 4.78 is 3.06. The van der Waals surface area contributed by atoms with Crippen LogP contribution in [-0.2, 0) is 7.05 Å². The first-order valence-corrected chi connectivity index (χ1v) is 6.48. The average Bonchev–Trinajstić information content (AvgIpc) is 2.43. The Bertz CT molecular complexity index is 559. The Morgan fingerprint density at radius 1 is 1.06 bits per heavy atom. The fourth-order valence-electron chi connectivity index (χ4n) is 2.39. The summed E-state index contributed by atoms with van der Waals surface area (Å²) in [5.74, 6) is 1.02. The molecule has 17 heavy (non-hydrogen) atoms. The Morgan fingerprint density at radius 2 is 1.59 bits per heavy atom. The van der Waals surface area contributed by atoms with Crippen LogP contribution in [0.2, 0.25) is 0 Å². The first-order chi connectivity index (χ1) is 7.91. The van der Waals surface area contributed by atoms with E-state index < -0.39 is 0 Å². The topological polar surface area (TPSA) is 17.8 Å². The number of hydrogen-bond donors (Lipinski definition) is 0. The molecule has 0 spiro atoms. The molecule has 1 aromatic heterocycles.